The van der Waals surface area contributed by atoms with Gasteiger partial charge in [-0.15, -0.1) is 0 Å². The summed E-state index contributed by atoms with van der Waals surface area (Å²) in [5.41, 5.74) is -6.05. The first-order valence-electron chi connectivity index (χ1n) is 6.89. The maximum absolute atomic E-state index is 13.9. The number of hydrogen-bond acceptors (Lipinski definition) is 2. The van der Waals surface area contributed by atoms with E-state index in [1.54, 1.807) is 6.07 Å². The Morgan fingerprint density at radius 2 is 1.36 bits per heavy atom. The van der Waals surface area contributed by atoms with Crippen molar-refractivity contribution in [3.05, 3.63) is 65.7 Å². The zero-order valence-corrected chi connectivity index (χ0v) is 13.3. The second-order valence-electron chi connectivity index (χ2n) is 5.28. The van der Waals surface area contributed by atoms with E-state index in [9.17, 15) is 34.8 Å². The van der Waals surface area contributed by atoms with Gasteiger partial charge in [-0.05, 0) is 17.7 Å². The molecule has 0 aliphatic rings. The summed E-state index contributed by atoms with van der Waals surface area (Å²) in [6.07, 6.45) is -10.1. The third-order valence-electron chi connectivity index (χ3n) is 3.55. The predicted molar refractivity (Wildman–Crippen MR) is 78.6 cm³/mol. The molecule has 136 valence electrons. The Labute approximate surface area is 140 Å². The molecule has 0 spiro atoms. The predicted octanol–water partition coefficient (Wildman–Crippen LogP) is 4.65. The minimum atomic E-state index is -5.81. The van der Waals surface area contributed by atoms with Gasteiger partial charge < -0.3 is 0 Å². The molecule has 25 heavy (non-hydrogen) atoms. The molecule has 1 unspecified atom stereocenters. The van der Waals surface area contributed by atoms with Crippen LogP contribution in [-0.4, -0.2) is 21.0 Å². The fourth-order valence-corrected chi connectivity index (χ4v) is 3.56. The number of halogens is 6. The van der Waals surface area contributed by atoms with E-state index in [2.05, 4.69) is 0 Å². The summed E-state index contributed by atoms with van der Waals surface area (Å²) in [4.78, 5) is 0.00165. The number of hydrogen-bond donors (Lipinski definition) is 0. The van der Waals surface area contributed by atoms with Crippen LogP contribution in [0, 0.1) is 0 Å². The summed E-state index contributed by atoms with van der Waals surface area (Å²) >= 11 is 0. The average Bonchev–Trinajstić information content (AvgIpc) is 2.54. The molecule has 0 N–H and O–H groups in total. The minimum absolute atomic E-state index is 0.00165. The Morgan fingerprint density at radius 3 is 1.80 bits per heavy atom. The van der Waals surface area contributed by atoms with Gasteiger partial charge in [-0.3, -0.25) is 0 Å². The lowest BCUT2D eigenvalue weighted by atomic mass is 9.94. The van der Waals surface area contributed by atoms with Crippen LogP contribution in [0.15, 0.2) is 59.5 Å². The van der Waals surface area contributed by atoms with E-state index in [1.807, 2.05) is 0 Å². The SMILES string of the molecule is O=S(=O)(Cc1ccc(C(F)(C(F)F)C(F)(F)F)cc1)c1ccccc1. The molecule has 2 rings (SSSR count). The molecular formula is C16H12F6O2S. The quantitative estimate of drug-likeness (QED) is 0.706. The normalized spacial score (nSPS) is 15.2. The highest BCUT2D eigenvalue weighted by Crippen LogP contribution is 2.46. The van der Waals surface area contributed by atoms with Gasteiger partial charge >= 0.3 is 6.18 Å². The molecule has 0 aliphatic carbocycles. The lowest BCUT2D eigenvalue weighted by molar-refractivity contribution is -0.274. The standard InChI is InChI=1S/C16H12F6O2S/c17-14(18)15(19,16(20,21)22)12-8-6-11(7-9-12)10-25(23,24)13-4-2-1-3-5-13/h1-9,14H,10H2. The van der Waals surface area contributed by atoms with Crippen LogP contribution in [0.25, 0.3) is 0 Å². The molecule has 0 amide bonds. The van der Waals surface area contributed by atoms with Crippen LogP contribution < -0.4 is 0 Å². The number of benzene rings is 2. The highest BCUT2D eigenvalue weighted by Gasteiger charge is 2.63. The van der Waals surface area contributed by atoms with E-state index < -0.39 is 39.4 Å². The van der Waals surface area contributed by atoms with Crippen LogP contribution in [0.4, 0.5) is 26.3 Å². The zero-order chi connectivity index (χ0) is 18.9. The Bertz CT molecular complexity index is 816. The Balaban J connectivity index is 2.32. The molecule has 0 fully saturated rings. The fraction of sp³-hybridized carbons (Fsp3) is 0.250. The third-order valence-corrected chi connectivity index (χ3v) is 5.25. The lowest BCUT2D eigenvalue weighted by Gasteiger charge is -2.27. The molecule has 0 aliphatic heterocycles. The monoisotopic (exact) mass is 382 g/mol. The number of sulfone groups is 1. The summed E-state index contributed by atoms with van der Waals surface area (Å²) < 4.78 is 102. The van der Waals surface area contributed by atoms with Gasteiger partial charge in [0.2, 0.25) is 0 Å². The van der Waals surface area contributed by atoms with Crippen molar-refractivity contribution in [3.63, 3.8) is 0 Å². The van der Waals surface area contributed by atoms with Gasteiger partial charge in [0.05, 0.1) is 10.6 Å². The van der Waals surface area contributed by atoms with Gasteiger partial charge in [0, 0.05) is 5.56 Å². The molecule has 0 heterocycles. The zero-order valence-electron chi connectivity index (χ0n) is 12.5. The van der Waals surface area contributed by atoms with Gasteiger partial charge in [0.15, 0.2) is 9.84 Å². The van der Waals surface area contributed by atoms with E-state index in [1.165, 1.54) is 24.3 Å². The molecule has 9 heteroatoms. The van der Waals surface area contributed by atoms with Gasteiger partial charge in [-0.1, -0.05) is 42.5 Å². The lowest BCUT2D eigenvalue weighted by Crippen LogP contribution is -2.44. The smallest absolute Gasteiger partial charge is 0.223 e. The van der Waals surface area contributed by atoms with E-state index in [4.69, 9.17) is 0 Å². The third kappa shape index (κ3) is 3.81. The molecule has 0 bridgehead atoms. The molecule has 0 saturated carbocycles. The second-order valence-corrected chi connectivity index (χ2v) is 7.27. The summed E-state index contributed by atoms with van der Waals surface area (Å²) in [7, 11) is -3.77. The van der Waals surface area contributed by atoms with Crippen molar-refractivity contribution in [1.29, 1.82) is 0 Å². The van der Waals surface area contributed by atoms with Crippen LogP contribution in [0.3, 0.4) is 0 Å². The highest BCUT2D eigenvalue weighted by atomic mass is 32.2. The maximum Gasteiger partial charge on any atom is 0.432 e. The summed E-state index contributed by atoms with van der Waals surface area (Å²) in [6, 6.07) is 10.1. The molecule has 2 nitrogen and oxygen atoms in total. The van der Waals surface area contributed by atoms with Crippen LogP contribution >= 0.6 is 0 Å². The number of rotatable bonds is 5. The van der Waals surface area contributed by atoms with Crippen LogP contribution in [0.1, 0.15) is 11.1 Å². The average molecular weight is 382 g/mol. The molecule has 1 atom stereocenters. The second kappa shape index (κ2) is 6.70. The first-order chi connectivity index (χ1) is 11.5. The van der Waals surface area contributed by atoms with Crippen molar-refractivity contribution >= 4 is 9.84 Å². The van der Waals surface area contributed by atoms with E-state index in [-0.39, 0.29) is 10.5 Å². The molecule has 2 aromatic carbocycles. The van der Waals surface area contributed by atoms with Gasteiger partial charge in [-0.25, -0.2) is 21.6 Å². The van der Waals surface area contributed by atoms with Crippen molar-refractivity contribution in [2.24, 2.45) is 0 Å². The van der Waals surface area contributed by atoms with Gasteiger partial charge in [0.25, 0.3) is 12.1 Å². The summed E-state index contributed by atoms with van der Waals surface area (Å²) in [5.74, 6) is -0.558. The van der Waals surface area contributed by atoms with Crippen LogP contribution in [0.5, 0.6) is 0 Å². The van der Waals surface area contributed by atoms with Crippen LogP contribution in [-0.2, 0) is 21.3 Å². The topological polar surface area (TPSA) is 34.1 Å². The molecule has 0 radical (unpaired) electrons. The first-order valence-corrected chi connectivity index (χ1v) is 8.55. The van der Waals surface area contributed by atoms with Crippen molar-refractivity contribution in [2.45, 2.75) is 28.9 Å². The van der Waals surface area contributed by atoms with E-state index in [0.29, 0.717) is 12.1 Å². The van der Waals surface area contributed by atoms with Crippen molar-refractivity contribution in [1.82, 2.24) is 0 Å². The first kappa shape index (κ1) is 19.3. The summed E-state index contributed by atoms with van der Waals surface area (Å²) in [6.45, 7) is 0. The Kier molecular flexibility index (Phi) is 5.17. The van der Waals surface area contributed by atoms with Gasteiger partial charge in [0.1, 0.15) is 0 Å². The summed E-state index contributed by atoms with van der Waals surface area (Å²) in [5, 5.41) is 0. The van der Waals surface area contributed by atoms with E-state index >= 15 is 0 Å². The van der Waals surface area contributed by atoms with Crippen molar-refractivity contribution in [3.8, 4) is 0 Å². The van der Waals surface area contributed by atoms with E-state index in [0.717, 1.165) is 12.1 Å². The maximum atomic E-state index is 13.9. The minimum Gasteiger partial charge on any atom is -0.223 e. The number of alkyl halides is 6. The molecule has 0 saturated heterocycles. The van der Waals surface area contributed by atoms with Crippen LogP contribution in [0.2, 0.25) is 0 Å². The Morgan fingerprint density at radius 1 is 0.840 bits per heavy atom. The Hall–Kier alpha value is -2.03. The van der Waals surface area contributed by atoms with Gasteiger partial charge in [-0.2, -0.15) is 13.2 Å². The molecule has 0 aromatic heterocycles. The molecule has 2 aromatic rings. The fourth-order valence-electron chi connectivity index (χ4n) is 2.19. The van der Waals surface area contributed by atoms with Crippen molar-refractivity contribution in [2.75, 3.05) is 0 Å². The molecular weight excluding hydrogens is 370 g/mol. The highest BCUT2D eigenvalue weighted by molar-refractivity contribution is 7.90. The largest absolute Gasteiger partial charge is 0.432 e. The van der Waals surface area contributed by atoms with Crippen molar-refractivity contribution < 1.29 is 34.8 Å².